The lowest BCUT2D eigenvalue weighted by Gasteiger charge is -2.22. The Morgan fingerprint density at radius 2 is 1.86 bits per heavy atom. The number of para-hydroxylation sites is 1. The predicted octanol–water partition coefficient (Wildman–Crippen LogP) is 4.15. The van der Waals surface area contributed by atoms with E-state index in [-0.39, 0.29) is 49.2 Å². The molecule has 0 radical (unpaired) electrons. The monoisotopic (exact) mass is 398 g/mol. The fraction of sp³-hybridized carbons (Fsp3) is 0.409. The minimum atomic E-state index is -0.109. The van der Waals surface area contributed by atoms with Crippen molar-refractivity contribution in [2.75, 3.05) is 18.5 Å². The highest BCUT2D eigenvalue weighted by molar-refractivity contribution is 7.12. The van der Waals surface area contributed by atoms with Crippen LogP contribution in [0.15, 0.2) is 41.8 Å². The molecule has 0 aliphatic carbocycles. The average Bonchev–Trinajstić information content (AvgIpc) is 3.19. The van der Waals surface area contributed by atoms with Gasteiger partial charge >= 0.3 is 0 Å². The number of thiophene rings is 1. The number of ketones is 2. The Morgan fingerprint density at radius 3 is 2.64 bits per heavy atom. The molecule has 3 rings (SSSR count). The normalized spacial score (nSPS) is 16.2. The number of fused-ring (bicyclic) bond motifs is 1. The number of Topliss-reactive ketones (excluding diaryl/α,β-unsaturated/α-hetero) is 2. The average molecular weight is 399 g/mol. The SMILES string of the molecule is CN1CCCC(NC(=O)CCC(=O)CCC(=O)c2cccs2)c2ccccc21. The second kappa shape index (κ2) is 9.64. The molecule has 2 aromatic rings. The van der Waals surface area contributed by atoms with E-state index in [4.69, 9.17) is 0 Å². The van der Waals surface area contributed by atoms with Crippen molar-refractivity contribution in [2.24, 2.45) is 0 Å². The molecule has 1 aromatic heterocycles. The molecule has 0 saturated carbocycles. The molecule has 1 amide bonds. The zero-order chi connectivity index (χ0) is 19.9. The van der Waals surface area contributed by atoms with Gasteiger partial charge in [0, 0.05) is 45.0 Å². The molecule has 6 heteroatoms. The zero-order valence-corrected chi connectivity index (χ0v) is 17.0. The van der Waals surface area contributed by atoms with E-state index < -0.39 is 0 Å². The molecule has 1 unspecified atom stereocenters. The molecule has 28 heavy (non-hydrogen) atoms. The molecule has 148 valence electrons. The first kappa shape index (κ1) is 20.3. The molecular formula is C22H26N2O3S. The van der Waals surface area contributed by atoms with Crippen LogP contribution in [0.5, 0.6) is 0 Å². The molecule has 0 bridgehead atoms. The Balaban J connectivity index is 1.47. The summed E-state index contributed by atoms with van der Waals surface area (Å²) >= 11 is 1.39. The second-order valence-electron chi connectivity index (χ2n) is 7.18. The van der Waals surface area contributed by atoms with Gasteiger partial charge in [-0.1, -0.05) is 24.3 Å². The van der Waals surface area contributed by atoms with E-state index in [1.165, 1.54) is 11.3 Å². The van der Waals surface area contributed by atoms with Crippen LogP contribution in [0.25, 0.3) is 0 Å². The molecule has 1 N–H and O–H groups in total. The summed E-state index contributed by atoms with van der Waals surface area (Å²) < 4.78 is 0. The van der Waals surface area contributed by atoms with Crippen LogP contribution in [0.1, 0.15) is 59.8 Å². The third-order valence-corrected chi connectivity index (χ3v) is 6.01. The van der Waals surface area contributed by atoms with E-state index in [0.29, 0.717) is 4.88 Å². The maximum absolute atomic E-state index is 12.4. The van der Waals surface area contributed by atoms with Gasteiger partial charge in [-0.05, 0) is 35.9 Å². The number of benzene rings is 1. The van der Waals surface area contributed by atoms with E-state index in [1.807, 2.05) is 23.6 Å². The van der Waals surface area contributed by atoms with Crippen LogP contribution in [0.2, 0.25) is 0 Å². The number of hydrogen-bond donors (Lipinski definition) is 1. The van der Waals surface area contributed by atoms with E-state index in [0.717, 1.165) is 30.6 Å². The molecule has 1 aliphatic rings. The molecule has 1 atom stereocenters. The Kier molecular flexibility index (Phi) is 6.98. The standard InChI is InChI=1S/C22H26N2O3S/c1-24-14-4-7-18(17-6-2-3-8-19(17)24)23-22(27)13-11-16(25)10-12-20(26)21-9-5-15-28-21/h2-3,5-6,8-9,15,18H,4,7,10-14H2,1H3,(H,23,27). The van der Waals surface area contributed by atoms with Gasteiger partial charge in [-0.25, -0.2) is 0 Å². The summed E-state index contributed by atoms with van der Waals surface area (Å²) in [5.74, 6) is -0.157. The van der Waals surface area contributed by atoms with Crippen LogP contribution >= 0.6 is 11.3 Å². The number of carbonyl (C=O) groups excluding carboxylic acids is 3. The van der Waals surface area contributed by atoms with Gasteiger partial charge in [-0.2, -0.15) is 0 Å². The van der Waals surface area contributed by atoms with E-state index in [1.54, 1.807) is 6.07 Å². The van der Waals surface area contributed by atoms with Crippen molar-refractivity contribution in [3.05, 3.63) is 52.2 Å². The lowest BCUT2D eigenvalue weighted by molar-refractivity contribution is -0.125. The molecule has 5 nitrogen and oxygen atoms in total. The molecule has 1 aromatic carbocycles. The molecular weight excluding hydrogens is 372 g/mol. The molecule has 0 fully saturated rings. The van der Waals surface area contributed by atoms with Crippen LogP contribution in [0.4, 0.5) is 5.69 Å². The summed E-state index contributed by atoms with van der Waals surface area (Å²) in [4.78, 5) is 39.3. The Morgan fingerprint density at radius 1 is 1.07 bits per heavy atom. The van der Waals surface area contributed by atoms with Crippen molar-refractivity contribution in [3.8, 4) is 0 Å². The van der Waals surface area contributed by atoms with Crippen molar-refractivity contribution in [3.63, 3.8) is 0 Å². The number of nitrogens with one attached hydrogen (secondary N) is 1. The highest BCUT2D eigenvalue weighted by Crippen LogP contribution is 2.32. The van der Waals surface area contributed by atoms with Gasteiger partial charge in [0.2, 0.25) is 5.91 Å². The van der Waals surface area contributed by atoms with Gasteiger partial charge in [0.25, 0.3) is 0 Å². The van der Waals surface area contributed by atoms with Crippen molar-refractivity contribution in [2.45, 2.75) is 44.6 Å². The summed E-state index contributed by atoms with van der Waals surface area (Å²) in [5.41, 5.74) is 2.28. The van der Waals surface area contributed by atoms with Crippen molar-refractivity contribution < 1.29 is 14.4 Å². The van der Waals surface area contributed by atoms with Crippen LogP contribution in [-0.4, -0.2) is 31.1 Å². The fourth-order valence-electron chi connectivity index (χ4n) is 3.55. The zero-order valence-electron chi connectivity index (χ0n) is 16.1. The van der Waals surface area contributed by atoms with Gasteiger partial charge in [0.1, 0.15) is 5.78 Å². The Bertz CT molecular complexity index is 832. The predicted molar refractivity (Wildman–Crippen MR) is 112 cm³/mol. The smallest absolute Gasteiger partial charge is 0.220 e. The lowest BCUT2D eigenvalue weighted by atomic mass is 10.0. The first-order chi connectivity index (χ1) is 13.5. The summed E-state index contributed by atoms with van der Waals surface area (Å²) in [6.45, 7) is 0.958. The highest BCUT2D eigenvalue weighted by Gasteiger charge is 2.22. The van der Waals surface area contributed by atoms with E-state index >= 15 is 0 Å². The highest BCUT2D eigenvalue weighted by atomic mass is 32.1. The quantitative estimate of drug-likeness (QED) is 0.679. The summed E-state index contributed by atoms with van der Waals surface area (Å²) in [6.07, 6.45) is 2.64. The number of anilines is 1. The Hall–Kier alpha value is -2.47. The van der Waals surface area contributed by atoms with E-state index in [2.05, 4.69) is 29.4 Å². The summed E-state index contributed by atoms with van der Waals surface area (Å²) in [5, 5.41) is 4.95. The number of rotatable bonds is 8. The first-order valence-electron chi connectivity index (χ1n) is 9.72. The Labute approximate surface area is 169 Å². The number of hydrogen-bond acceptors (Lipinski definition) is 5. The van der Waals surface area contributed by atoms with Crippen molar-refractivity contribution in [1.82, 2.24) is 5.32 Å². The van der Waals surface area contributed by atoms with Crippen molar-refractivity contribution in [1.29, 1.82) is 0 Å². The third kappa shape index (κ3) is 5.29. The van der Waals surface area contributed by atoms with Gasteiger partial charge in [-0.3, -0.25) is 14.4 Å². The van der Waals surface area contributed by atoms with Crippen molar-refractivity contribution >= 4 is 34.5 Å². The van der Waals surface area contributed by atoms with Crippen LogP contribution < -0.4 is 10.2 Å². The first-order valence-corrected chi connectivity index (χ1v) is 10.6. The topological polar surface area (TPSA) is 66.5 Å². The molecule has 0 spiro atoms. The van der Waals surface area contributed by atoms with Crippen LogP contribution in [0, 0.1) is 0 Å². The molecule has 2 heterocycles. The number of nitrogens with zero attached hydrogens (tertiary/aromatic N) is 1. The van der Waals surface area contributed by atoms with Gasteiger partial charge < -0.3 is 10.2 Å². The van der Waals surface area contributed by atoms with Gasteiger partial charge in [0.05, 0.1) is 10.9 Å². The third-order valence-electron chi connectivity index (χ3n) is 5.10. The summed E-state index contributed by atoms with van der Waals surface area (Å²) in [6, 6.07) is 11.7. The maximum atomic E-state index is 12.4. The van der Waals surface area contributed by atoms with Crippen LogP contribution in [0.3, 0.4) is 0 Å². The van der Waals surface area contributed by atoms with E-state index in [9.17, 15) is 14.4 Å². The largest absolute Gasteiger partial charge is 0.374 e. The number of carbonyl (C=O) groups is 3. The number of amides is 1. The maximum Gasteiger partial charge on any atom is 0.220 e. The van der Waals surface area contributed by atoms with Gasteiger partial charge in [0.15, 0.2) is 5.78 Å². The fourth-order valence-corrected chi connectivity index (χ4v) is 4.24. The lowest BCUT2D eigenvalue weighted by Crippen LogP contribution is -2.28. The summed E-state index contributed by atoms with van der Waals surface area (Å²) in [7, 11) is 2.07. The van der Waals surface area contributed by atoms with Crippen LogP contribution in [-0.2, 0) is 9.59 Å². The molecule has 0 saturated heterocycles. The van der Waals surface area contributed by atoms with Gasteiger partial charge in [-0.15, -0.1) is 11.3 Å². The minimum Gasteiger partial charge on any atom is -0.374 e. The molecule has 1 aliphatic heterocycles. The minimum absolute atomic E-state index is 0.00742. The second-order valence-corrected chi connectivity index (χ2v) is 8.13.